The Morgan fingerprint density at radius 1 is 1.43 bits per heavy atom. The number of hydrogen-bond acceptors (Lipinski definition) is 4. The molecule has 4 nitrogen and oxygen atoms in total. The van der Waals surface area contributed by atoms with E-state index in [9.17, 15) is 4.79 Å². The summed E-state index contributed by atoms with van der Waals surface area (Å²) in [6.07, 6.45) is 2.96. The van der Waals surface area contributed by atoms with Crippen molar-refractivity contribution >= 4 is 23.1 Å². The largest absolute Gasteiger partial charge is 0.508 e. The van der Waals surface area contributed by atoms with Crippen LogP contribution < -0.4 is 0 Å². The number of hydrogen-bond donors (Lipinski definition) is 0. The third kappa shape index (κ3) is 2.90. The smallest absolute Gasteiger partial charge is 0.438 e. The molecule has 0 aromatic heterocycles. The zero-order valence-electron chi connectivity index (χ0n) is 8.53. The second-order valence-electron chi connectivity index (χ2n) is 3.31. The van der Waals surface area contributed by atoms with Gasteiger partial charge in [-0.1, -0.05) is 6.42 Å². The SMILES string of the molecule is C=NS1(COC(=O)OC)CCCCC1. The number of rotatable bonds is 3. The molecule has 0 spiro atoms. The van der Waals surface area contributed by atoms with Gasteiger partial charge in [0.25, 0.3) is 0 Å². The van der Waals surface area contributed by atoms with Crippen LogP contribution in [0.1, 0.15) is 19.3 Å². The Morgan fingerprint density at radius 2 is 2.07 bits per heavy atom. The first-order valence-electron chi connectivity index (χ1n) is 4.67. The predicted octanol–water partition coefficient (Wildman–Crippen LogP) is 2.33. The number of methoxy groups -OCH3 is 1. The van der Waals surface area contributed by atoms with Gasteiger partial charge >= 0.3 is 6.16 Å². The number of carbonyl (C=O) groups is 1. The first kappa shape index (κ1) is 11.4. The van der Waals surface area contributed by atoms with E-state index in [0.29, 0.717) is 5.94 Å². The van der Waals surface area contributed by atoms with E-state index in [-0.39, 0.29) is 0 Å². The van der Waals surface area contributed by atoms with Crippen molar-refractivity contribution in [2.75, 3.05) is 24.6 Å². The van der Waals surface area contributed by atoms with Crippen LogP contribution in [-0.2, 0) is 9.47 Å². The van der Waals surface area contributed by atoms with Crippen LogP contribution >= 0.6 is 10.2 Å². The summed E-state index contributed by atoms with van der Waals surface area (Å²) in [5, 5.41) is 0. The molecule has 1 aliphatic heterocycles. The normalized spacial score (nSPS) is 22.1. The van der Waals surface area contributed by atoms with Crippen LogP contribution in [0.3, 0.4) is 0 Å². The molecule has 0 saturated carbocycles. The maximum absolute atomic E-state index is 10.8. The van der Waals surface area contributed by atoms with E-state index < -0.39 is 16.4 Å². The van der Waals surface area contributed by atoms with Gasteiger partial charge in [-0.25, -0.2) is 4.79 Å². The van der Waals surface area contributed by atoms with E-state index in [1.54, 1.807) is 0 Å². The Balaban J connectivity index is 2.43. The number of carbonyl (C=O) groups excluding carboxylic acids is 1. The average molecular weight is 219 g/mol. The van der Waals surface area contributed by atoms with Gasteiger partial charge in [-0.15, -0.1) is 10.2 Å². The lowest BCUT2D eigenvalue weighted by Crippen LogP contribution is -2.19. The fraction of sp³-hybridized carbons (Fsp3) is 0.778. The molecule has 0 atom stereocenters. The summed E-state index contributed by atoms with van der Waals surface area (Å²) in [7, 11) is 0.162. The Kier molecular flexibility index (Phi) is 4.25. The summed E-state index contributed by atoms with van der Waals surface area (Å²) in [6.45, 7) is 3.62. The summed E-state index contributed by atoms with van der Waals surface area (Å²) in [6, 6.07) is 0. The molecule has 1 fully saturated rings. The predicted molar refractivity (Wildman–Crippen MR) is 59.1 cm³/mol. The topological polar surface area (TPSA) is 47.9 Å². The van der Waals surface area contributed by atoms with Crippen LogP contribution in [0, 0.1) is 0 Å². The number of nitrogens with zero attached hydrogens (tertiary/aromatic N) is 1. The fourth-order valence-corrected chi connectivity index (χ4v) is 4.09. The first-order chi connectivity index (χ1) is 6.72. The van der Waals surface area contributed by atoms with E-state index in [0.717, 1.165) is 11.5 Å². The van der Waals surface area contributed by atoms with Crippen molar-refractivity contribution < 1.29 is 14.3 Å². The summed E-state index contributed by atoms with van der Waals surface area (Å²) in [4.78, 5) is 10.8. The molecule has 82 valence electrons. The van der Waals surface area contributed by atoms with E-state index >= 15 is 0 Å². The highest BCUT2D eigenvalue weighted by atomic mass is 32.3. The molecule has 1 heterocycles. The van der Waals surface area contributed by atoms with Crippen LogP contribution in [0.25, 0.3) is 0 Å². The summed E-state index contributed by atoms with van der Waals surface area (Å²) in [5.74, 6) is 2.45. The van der Waals surface area contributed by atoms with E-state index in [4.69, 9.17) is 4.74 Å². The van der Waals surface area contributed by atoms with E-state index in [1.807, 2.05) is 0 Å². The maximum atomic E-state index is 10.8. The molecule has 0 aromatic rings. The Labute approximate surface area is 86.1 Å². The van der Waals surface area contributed by atoms with Crippen molar-refractivity contribution in [3.8, 4) is 0 Å². The van der Waals surface area contributed by atoms with Crippen molar-refractivity contribution in [1.29, 1.82) is 0 Å². The Bertz CT molecular complexity index is 214. The van der Waals surface area contributed by atoms with Gasteiger partial charge in [-0.2, -0.15) is 0 Å². The molecule has 0 amide bonds. The first-order valence-corrected chi connectivity index (χ1v) is 6.77. The van der Waals surface area contributed by atoms with Crippen molar-refractivity contribution in [1.82, 2.24) is 0 Å². The van der Waals surface area contributed by atoms with Crippen molar-refractivity contribution in [3.63, 3.8) is 0 Å². The minimum Gasteiger partial charge on any atom is -0.438 e. The minimum absolute atomic E-state index is 0.378. The second-order valence-corrected chi connectivity index (χ2v) is 6.62. The molecule has 5 heteroatoms. The average Bonchev–Trinajstić information content (AvgIpc) is 2.27. The fourth-order valence-electron chi connectivity index (χ4n) is 1.52. The monoisotopic (exact) mass is 219 g/mol. The number of ether oxygens (including phenoxy) is 2. The van der Waals surface area contributed by atoms with Gasteiger partial charge < -0.3 is 9.47 Å². The molecule has 0 aromatic carbocycles. The zero-order chi connectivity index (χ0) is 10.4. The van der Waals surface area contributed by atoms with Crippen LogP contribution in [0.15, 0.2) is 4.40 Å². The van der Waals surface area contributed by atoms with E-state index in [1.165, 1.54) is 26.4 Å². The molecule has 1 rings (SSSR count). The lowest BCUT2D eigenvalue weighted by atomic mass is 10.3. The molecular formula is C9H17NO3S. The second kappa shape index (κ2) is 5.24. The van der Waals surface area contributed by atoms with Gasteiger partial charge in [0, 0.05) is 0 Å². The lowest BCUT2D eigenvalue weighted by Gasteiger charge is -2.37. The zero-order valence-corrected chi connectivity index (χ0v) is 9.35. The van der Waals surface area contributed by atoms with Crippen LogP contribution in [0.2, 0.25) is 0 Å². The molecular weight excluding hydrogens is 202 g/mol. The third-order valence-electron chi connectivity index (χ3n) is 2.39. The Hall–Kier alpha value is -0.710. The highest BCUT2D eigenvalue weighted by molar-refractivity contribution is 8.32. The molecule has 0 aliphatic carbocycles. The minimum atomic E-state index is -1.15. The van der Waals surface area contributed by atoms with Gasteiger partial charge in [0.15, 0.2) is 0 Å². The molecule has 1 aliphatic rings. The van der Waals surface area contributed by atoms with Gasteiger partial charge in [0.1, 0.15) is 5.94 Å². The molecule has 0 bridgehead atoms. The van der Waals surface area contributed by atoms with Crippen LogP contribution in [-0.4, -0.2) is 37.4 Å². The molecule has 0 N–H and O–H groups in total. The quantitative estimate of drug-likeness (QED) is 0.540. The third-order valence-corrected chi connectivity index (χ3v) is 5.59. The molecule has 14 heavy (non-hydrogen) atoms. The van der Waals surface area contributed by atoms with Crippen LogP contribution in [0.5, 0.6) is 0 Å². The van der Waals surface area contributed by atoms with E-state index in [2.05, 4.69) is 15.9 Å². The maximum Gasteiger partial charge on any atom is 0.508 e. The molecule has 0 unspecified atom stereocenters. The summed E-state index contributed by atoms with van der Waals surface area (Å²) >= 11 is 0. The van der Waals surface area contributed by atoms with Gasteiger partial charge in [0.05, 0.1) is 7.11 Å². The highest BCUT2D eigenvalue weighted by Gasteiger charge is 2.26. The summed E-state index contributed by atoms with van der Waals surface area (Å²) in [5.41, 5.74) is 0. The van der Waals surface area contributed by atoms with Crippen molar-refractivity contribution in [3.05, 3.63) is 0 Å². The molecule has 0 radical (unpaired) electrons. The highest BCUT2D eigenvalue weighted by Crippen LogP contribution is 2.53. The van der Waals surface area contributed by atoms with Gasteiger partial charge in [-0.3, -0.25) is 4.40 Å². The summed E-state index contributed by atoms with van der Waals surface area (Å²) < 4.78 is 13.6. The molecule has 1 saturated heterocycles. The van der Waals surface area contributed by atoms with Gasteiger partial charge in [-0.05, 0) is 31.1 Å². The standard InChI is InChI=1S/C9H17NO3S/c1-10-14(6-4-3-5-7-14)8-13-9(11)12-2/h1,3-8H2,2H3. The van der Waals surface area contributed by atoms with Gasteiger partial charge in [0.2, 0.25) is 0 Å². The Morgan fingerprint density at radius 3 is 2.57 bits per heavy atom. The van der Waals surface area contributed by atoms with Crippen molar-refractivity contribution in [2.45, 2.75) is 19.3 Å². The van der Waals surface area contributed by atoms with Crippen molar-refractivity contribution in [2.24, 2.45) is 4.40 Å². The van der Waals surface area contributed by atoms with Crippen LogP contribution in [0.4, 0.5) is 4.79 Å². The lowest BCUT2D eigenvalue weighted by molar-refractivity contribution is 0.0871.